The molecule has 0 aromatic heterocycles. The minimum absolute atomic E-state index is 0.205. The smallest absolute Gasteiger partial charge is 0.00256 e. The van der Waals surface area contributed by atoms with Gasteiger partial charge in [-0.15, -0.1) is 0 Å². The van der Waals surface area contributed by atoms with Gasteiger partial charge in [0.2, 0.25) is 0 Å². The molecule has 0 nitrogen and oxygen atoms in total. The third kappa shape index (κ3) is 5.23. The van der Waals surface area contributed by atoms with Gasteiger partial charge >= 0.3 is 0 Å². The van der Waals surface area contributed by atoms with Crippen LogP contribution in [0.5, 0.6) is 0 Å². The molecule has 0 bridgehead atoms. The Hall–Kier alpha value is -2.08. The van der Waals surface area contributed by atoms with Gasteiger partial charge in [-0.05, 0) is 58.6 Å². The number of hydrogen-bond donors (Lipinski definition) is 0. The molecule has 126 valence electrons. The van der Waals surface area contributed by atoms with Crippen LogP contribution in [0, 0.1) is 5.41 Å². The van der Waals surface area contributed by atoms with Crippen LogP contribution in [-0.2, 0) is 12.8 Å². The highest BCUT2D eigenvalue weighted by Gasteiger charge is 2.08. The maximum absolute atomic E-state index is 4.30. The second kappa shape index (κ2) is 7.66. The molecule has 0 amide bonds. The minimum Gasteiger partial charge on any atom is -0.0949 e. The first-order valence-corrected chi connectivity index (χ1v) is 8.84. The number of rotatable bonds is 5. The van der Waals surface area contributed by atoms with Crippen LogP contribution in [0.4, 0.5) is 0 Å². The van der Waals surface area contributed by atoms with E-state index in [2.05, 4.69) is 95.8 Å². The van der Waals surface area contributed by atoms with Crippen LogP contribution in [0.1, 0.15) is 56.9 Å². The lowest BCUT2D eigenvalue weighted by atomic mass is 9.91. The SMILES string of the molecule is C=C(Cc1cccc(CC)c1)c1ccc(/C(C)=C/C(C)(C)C)cc1. The Labute approximate surface area is 147 Å². The molecule has 0 atom stereocenters. The summed E-state index contributed by atoms with van der Waals surface area (Å²) in [5.41, 5.74) is 7.95. The normalized spacial score (nSPS) is 12.3. The predicted molar refractivity (Wildman–Crippen MR) is 108 cm³/mol. The summed E-state index contributed by atoms with van der Waals surface area (Å²) in [6, 6.07) is 17.6. The molecule has 2 aromatic rings. The number of benzene rings is 2. The summed E-state index contributed by atoms with van der Waals surface area (Å²) in [7, 11) is 0. The van der Waals surface area contributed by atoms with Gasteiger partial charge in [0.15, 0.2) is 0 Å². The van der Waals surface area contributed by atoms with Gasteiger partial charge in [0.1, 0.15) is 0 Å². The van der Waals surface area contributed by atoms with Crippen LogP contribution < -0.4 is 0 Å². The van der Waals surface area contributed by atoms with Gasteiger partial charge in [0, 0.05) is 0 Å². The van der Waals surface area contributed by atoms with Crippen molar-refractivity contribution in [3.63, 3.8) is 0 Å². The summed E-state index contributed by atoms with van der Waals surface area (Å²) in [6.07, 6.45) is 4.31. The quantitative estimate of drug-likeness (QED) is 0.559. The van der Waals surface area contributed by atoms with Gasteiger partial charge in [0.05, 0.1) is 0 Å². The van der Waals surface area contributed by atoms with E-state index in [-0.39, 0.29) is 5.41 Å². The molecule has 0 heterocycles. The molecular formula is C24H30. The Morgan fingerprint density at radius 1 is 0.958 bits per heavy atom. The lowest BCUT2D eigenvalue weighted by molar-refractivity contribution is 0.545. The highest BCUT2D eigenvalue weighted by molar-refractivity contribution is 5.70. The Kier molecular flexibility index (Phi) is 5.83. The fourth-order valence-corrected chi connectivity index (χ4v) is 3.01. The van der Waals surface area contributed by atoms with Crippen molar-refractivity contribution in [1.29, 1.82) is 0 Å². The average molecular weight is 319 g/mol. The molecule has 0 fully saturated rings. The summed E-state index contributed by atoms with van der Waals surface area (Å²) in [6.45, 7) is 15.4. The van der Waals surface area contributed by atoms with Gasteiger partial charge in [-0.3, -0.25) is 0 Å². The van der Waals surface area contributed by atoms with E-state index in [4.69, 9.17) is 0 Å². The monoisotopic (exact) mass is 318 g/mol. The lowest BCUT2D eigenvalue weighted by Crippen LogP contribution is -2.00. The molecule has 0 radical (unpaired) electrons. The van der Waals surface area contributed by atoms with E-state index in [1.165, 1.54) is 33.4 Å². The van der Waals surface area contributed by atoms with E-state index in [1.807, 2.05) is 0 Å². The van der Waals surface area contributed by atoms with Crippen molar-refractivity contribution in [2.75, 3.05) is 0 Å². The van der Waals surface area contributed by atoms with Gasteiger partial charge in [-0.25, -0.2) is 0 Å². The molecule has 0 aliphatic carbocycles. The van der Waals surface area contributed by atoms with Crippen molar-refractivity contribution < 1.29 is 0 Å². The third-order valence-corrected chi connectivity index (χ3v) is 4.22. The average Bonchev–Trinajstić information content (AvgIpc) is 2.53. The first kappa shape index (κ1) is 18.3. The van der Waals surface area contributed by atoms with Crippen LogP contribution >= 0.6 is 0 Å². The van der Waals surface area contributed by atoms with Crippen LogP contribution in [0.25, 0.3) is 11.1 Å². The molecule has 0 N–H and O–H groups in total. The Morgan fingerprint density at radius 2 is 1.54 bits per heavy atom. The highest BCUT2D eigenvalue weighted by atomic mass is 14.1. The summed E-state index contributed by atoms with van der Waals surface area (Å²) in [4.78, 5) is 0. The third-order valence-electron chi connectivity index (χ3n) is 4.22. The first-order chi connectivity index (χ1) is 11.3. The maximum atomic E-state index is 4.30. The molecule has 0 saturated carbocycles. The zero-order chi connectivity index (χ0) is 17.7. The van der Waals surface area contributed by atoms with E-state index in [0.717, 1.165) is 12.8 Å². The minimum atomic E-state index is 0.205. The van der Waals surface area contributed by atoms with Crippen molar-refractivity contribution in [3.05, 3.63) is 83.4 Å². The van der Waals surface area contributed by atoms with Gasteiger partial charge in [0.25, 0.3) is 0 Å². The molecule has 0 aliphatic heterocycles. The molecule has 0 spiro atoms. The highest BCUT2D eigenvalue weighted by Crippen LogP contribution is 2.25. The molecule has 0 aliphatic rings. The van der Waals surface area contributed by atoms with E-state index < -0.39 is 0 Å². The molecule has 2 aromatic carbocycles. The van der Waals surface area contributed by atoms with Gasteiger partial charge in [-0.1, -0.05) is 88.9 Å². The van der Waals surface area contributed by atoms with E-state index >= 15 is 0 Å². The van der Waals surface area contributed by atoms with Crippen molar-refractivity contribution >= 4 is 11.1 Å². The molecule has 24 heavy (non-hydrogen) atoms. The van der Waals surface area contributed by atoms with Crippen molar-refractivity contribution in [3.8, 4) is 0 Å². The molecule has 0 heteroatoms. The van der Waals surface area contributed by atoms with Crippen molar-refractivity contribution in [2.24, 2.45) is 5.41 Å². The molecule has 0 unspecified atom stereocenters. The summed E-state index contributed by atoms with van der Waals surface area (Å²) in [5, 5.41) is 0. The summed E-state index contributed by atoms with van der Waals surface area (Å²) >= 11 is 0. The van der Waals surface area contributed by atoms with Gasteiger partial charge in [-0.2, -0.15) is 0 Å². The van der Waals surface area contributed by atoms with E-state index in [1.54, 1.807) is 0 Å². The zero-order valence-corrected chi connectivity index (χ0v) is 15.8. The zero-order valence-electron chi connectivity index (χ0n) is 15.8. The van der Waals surface area contributed by atoms with Crippen LogP contribution in [0.2, 0.25) is 0 Å². The molecular weight excluding hydrogens is 288 g/mol. The number of allylic oxidation sites excluding steroid dienone is 3. The lowest BCUT2D eigenvalue weighted by Gasteiger charge is -2.15. The summed E-state index contributed by atoms with van der Waals surface area (Å²) < 4.78 is 0. The molecule has 2 rings (SSSR count). The van der Waals surface area contributed by atoms with Gasteiger partial charge < -0.3 is 0 Å². The number of aryl methyl sites for hydroxylation is 1. The second-order valence-corrected chi connectivity index (χ2v) is 7.72. The standard InChI is InChI=1S/C24H30/c1-7-20-9-8-10-21(16-20)15-18(2)22-11-13-23(14-12-22)19(3)17-24(4,5)6/h8-14,16-17H,2,7,15H2,1,3-6H3/b19-17+. The molecule has 0 saturated heterocycles. The summed E-state index contributed by atoms with van der Waals surface area (Å²) in [5.74, 6) is 0. The van der Waals surface area contributed by atoms with Crippen molar-refractivity contribution in [2.45, 2.75) is 47.5 Å². The van der Waals surface area contributed by atoms with Crippen molar-refractivity contribution in [1.82, 2.24) is 0 Å². The number of hydrogen-bond acceptors (Lipinski definition) is 0. The second-order valence-electron chi connectivity index (χ2n) is 7.72. The maximum Gasteiger partial charge on any atom is -0.00256 e. The Morgan fingerprint density at radius 3 is 2.12 bits per heavy atom. The largest absolute Gasteiger partial charge is 0.0949 e. The first-order valence-electron chi connectivity index (χ1n) is 8.84. The Balaban J connectivity index is 2.12. The van der Waals surface area contributed by atoms with E-state index in [9.17, 15) is 0 Å². The van der Waals surface area contributed by atoms with Crippen LogP contribution in [-0.4, -0.2) is 0 Å². The fourth-order valence-electron chi connectivity index (χ4n) is 3.01. The Bertz CT molecular complexity index is 721. The van der Waals surface area contributed by atoms with E-state index in [0.29, 0.717) is 0 Å². The van der Waals surface area contributed by atoms with Crippen LogP contribution in [0.15, 0.2) is 61.2 Å². The predicted octanol–water partition coefficient (Wildman–Crippen LogP) is 6.95. The topological polar surface area (TPSA) is 0 Å². The fraction of sp³-hybridized carbons (Fsp3) is 0.333. The van der Waals surface area contributed by atoms with Crippen LogP contribution in [0.3, 0.4) is 0 Å².